The van der Waals surface area contributed by atoms with Crippen LogP contribution in [0.3, 0.4) is 0 Å². The number of hydrogen-bond donors (Lipinski definition) is 1. The molecule has 2 amide bonds. The van der Waals surface area contributed by atoms with E-state index < -0.39 is 5.60 Å². The molecule has 2 aliphatic heterocycles. The normalized spacial score (nSPS) is 19.6. The second kappa shape index (κ2) is 10.6. The number of alkyl carbamates (subject to hydrolysis) is 1. The molecule has 1 aromatic rings. The number of nitrogens with zero attached hydrogens (tertiary/aromatic N) is 3. The van der Waals surface area contributed by atoms with E-state index in [1.807, 2.05) is 25.7 Å². The van der Waals surface area contributed by atoms with Gasteiger partial charge in [-0.25, -0.2) is 4.79 Å². The van der Waals surface area contributed by atoms with Crippen molar-refractivity contribution in [2.45, 2.75) is 45.8 Å². The summed E-state index contributed by atoms with van der Waals surface area (Å²) in [7, 11) is 0. The van der Waals surface area contributed by atoms with Gasteiger partial charge in [0.25, 0.3) is 0 Å². The van der Waals surface area contributed by atoms with Gasteiger partial charge in [0.05, 0.1) is 6.54 Å². The second-order valence-corrected chi connectivity index (χ2v) is 10.2. The lowest BCUT2D eigenvalue weighted by molar-refractivity contribution is -0.134. The Morgan fingerprint density at radius 2 is 1.80 bits per heavy atom. The Morgan fingerprint density at radius 3 is 2.40 bits per heavy atom. The number of amides is 2. The van der Waals surface area contributed by atoms with Gasteiger partial charge < -0.3 is 15.0 Å². The van der Waals surface area contributed by atoms with E-state index in [9.17, 15) is 9.59 Å². The summed E-state index contributed by atoms with van der Waals surface area (Å²) in [6.45, 7) is 13.1. The summed E-state index contributed by atoms with van der Waals surface area (Å²) < 4.78 is 5.29. The number of rotatable bonds is 6. The number of nitrogens with one attached hydrogen (secondary N) is 1. The van der Waals surface area contributed by atoms with Crippen LogP contribution in [0.1, 0.15) is 39.2 Å². The van der Waals surface area contributed by atoms with Gasteiger partial charge >= 0.3 is 6.09 Å². The van der Waals surface area contributed by atoms with Crippen molar-refractivity contribution in [3.8, 4) is 0 Å². The molecular weight excluding hydrogens is 400 g/mol. The number of thiophene rings is 1. The number of piperidine rings is 1. The summed E-state index contributed by atoms with van der Waals surface area (Å²) in [5, 5.41) is 7.19. The van der Waals surface area contributed by atoms with E-state index in [1.54, 1.807) is 11.3 Å². The maximum Gasteiger partial charge on any atom is 0.407 e. The van der Waals surface area contributed by atoms with Gasteiger partial charge in [-0.3, -0.25) is 14.6 Å². The lowest BCUT2D eigenvalue weighted by atomic mass is 9.97. The van der Waals surface area contributed by atoms with E-state index in [2.05, 4.69) is 31.9 Å². The summed E-state index contributed by atoms with van der Waals surface area (Å²) in [5.74, 6) is 0.694. The van der Waals surface area contributed by atoms with Crippen LogP contribution < -0.4 is 5.32 Å². The van der Waals surface area contributed by atoms with Gasteiger partial charge in [0.15, 0.2) is 0 Å². The van der Waals surface area contributed by atoms with Crippen molar-refractivity contribution in [1.29, 1.82) is 0 Å². The zero-order valence-electron chi connectivity index (χ0n) is 18.6. The number of piperazine rings is 1. The molecule has 0 aliphatic carbocycles. The molecule has 1 aromatic heterocycles. The van der Waals surface area contributed by atoms with Crippen molar-refractivity contribution in [1.82, 2.24) is 20.0 Å². The topological polar surface area (TPSA) is 65.1 Å². The third-order valence-corrected chi connectivity index (χ3v) is 6.44. The predicted molar refractivity (Wildman–Crippen MR) is 120 cm³/mol. The van der Waals surface area contributed by atoms with Crippen molar-refractivity contribution in [3.05, 3.63) is 22.4 Å². The third-order valence-electron chi connectivity index (χ3n) is 5.71. The van der Waals surface area contributed by atoms with Crippen LogP contribution in [0.2, 0.25) is 0 Å². The van der Waals surface area contributed by atoms with Gasteiger partial charge in [-0.15, -0.1) is 0 Å². The van der Waals surface area contributed by atoms with Crippen molar-refractivity contribution in [3.63, 3.8) is 0 Å². The summed E-state index contributed by atoms with van der Waals surface area (Å²) in [6.07, 6.45) is 1.65. The molecule has 30 heavy (non-hydrogen) atoms. The zero-order valence-corrected chi connectivity index (χ0v) is 19.4. The Labute approximate surface area is 184 Å². The summed E-state index contributed by atoms with van der Waals surface area (Å²) >= 11 is 1.74. The first kappa shape index (κ1) is 23.0. The van der Waals surface area contributed by atoms with Gasteiger partial charge in [-0.05, 0) is 75.0 Å². The van der Waals surface area contributed by atoms with Crippen LogP contribution in [-0.2, 0) is 16.1 Å². The minimum absolute atomic E-state index is 0.246. The largest absolute Gasteiger partial charge is 0.444 e. The molecule has 3 heterocycles. The fourth-order valence-corrected chi connectivity index (χ4v) is 4.64. The number of ether oxygens (including phenoxy) is 1. The van der Waals surface area contributed by atoms with Crippen molar-refractivity contribution in [2.24, 2.45) is 5.92 Å². The van der Waals surface area contributed by atoms with Crippen molar-refractivity contribution >= 4 is 23.3 Å². The van der Waals surface area contributed by atoms with Gasteiger partial charge in [0, 0.05) is 39.3 Å². The lowest BCUT2D eigenvalue weighted by Gasteiger charge is -2.37. The molecule has 0 atom stereocenters. The van der Waals surface area contributed by atoms with Gasteiger partial charge in [0.2, 0.25) is 5.91 Å². The van der Waals surface area contributed by atoms with Crippen LogP contribution in [0, 0.1) is 5.92 Å². The number of likely N-dealkylation sites (tertiary alicyclic amines) is 1. The van der Waals surface area contributed by atoms with Crippen molar-refractivity contribution in [2.75, 3.05) is 52.4 Å². The summed E-state index contributed by atoms with van der Waals surface area (Å²) in [5.41, 5.74) is 0.896. The SMILES string of the molecule is CC(C)(C)OC(=O)NCC1CCN(CC(=O)N2CCN(Cc3ccsc3)CC2)CC1. The van der Waals surface area contributed by atoms with Gasteiger partial charge in [0.1, 0.15) is 5.60 Å². The fraction of sp³-hybridized carbons (Fsp3) is 0.727. The Morgan fingerprint density at radius 1 is 1.10 bits per heavy atom. The maximum absolute atomic E-state index is 12.7. The summed E-state index contributed by atoms with van der Waals surface area (Å²) in [6, 6.07) is 2.18. The smallest absolute Gasteiger partial charge is 0.407 e. The summed E-state index contributed by atoms with van der Waals surface area (Å²) in [4.78, 5) is 31.2. The Kier molecular flexibility index (Phi) is 8.13. The van der Waals surface area contributed by atoms with E-state index in [-0.39, 0.29) is 12.0 Å². The van der Waals surface area contributed by atoms with E-state index in [0.29, 0.717) is 19.0 Å². The molecule has 0 spiro atoms. The lowest BCUT2D eigenvalue weighted by Crippen LogP contribution is -2.51. The minimum atomic E-state index is -0.469. The van der Waals surface area contributed by atoms with Crippen LogP contribution in [0.25, 0.3) is 0 Å². The highest BCUT2D eigenvalue weighted by Crippen LogP contribution is 2.17. The molecule has 3 rings (SSSR count). The number of carbonyl (C=O) groups is 2. The molecule has 2 aliphatic rings. The molecule has 0 bridgehead atoms. The first-order valence-electron chi connectivity index (χ1n) is 11.0. The highest BCUT2D eigenvalue weighted by molar-refractivity contribution is 7.07. The number of carbonyl (C=O) groups excluding carboxylic acids is 2. The molecule has 2 fully saturated rings. The van der Waals surface area contributed by atoms with E-state index in [4.69, 9.17) is 4.74 Å². The van der Waals surface area contributed by atoms with Crippen molar-refractivity contribution < 1.29 is 14.3 Å². The molecule has 0 saturated carbocycles. The Hall–Kier alpha value is -1.64. The van der Waals surface area contributed by atoms with Crippen LogP contribution in [-0.4, -0.2) is 84.7 Å². The molecule has 2 saturated heterocycles. The minimum Gasteiger partial charge on any atom is -0.444 e. The molecule has 7 nitrogen and oxygen atoms in total. The average Bonchev–Trinajstić information content (AvgIpc) is 3.20. The highest BCUT2D eigenvalue weighted by Gasteiger charge is 2.26. The molecule has 0 unspecified atom stereocenters. The van der Waals surface area contributed by atoms with Crippen LogP contribution in [0.5, 0.6) is 0 Å². The third kappa shape index (κ3) is 7.56. The van der Waals surface area contributed by atoms with Crippen LogP contribution >= 0.6 is 11.3 Å². The quantitative estimate of drug-likeness (QED) is 0.743. The molecule has 8 heteroatoms. The molecule has 0 radical (unpaired) electrons. The molecule has 1 N–H and O–H groups in total. The highest BCUT2D eigenvalue weighted by atomic mass is 32.1. The molecule has 0 aromatic carbocycles. The van der Waals surface area contributed by atoms with E-state index in [1.165, 1.54) is 5.56 Å². The number of hydrogen-bond acceptors (Lipinski definition) is 6. The molecule has 168 valence electrons. The Bertz CT molecular complexity index is 673. The van der Waals surface area contributed by atoms with Crippen LogP contribution in [0.15, 0.2) is 16.8 Å². The first-order chi connectivity index (χ1) is 14.3. The Balaban J connectivity index is 1.30. The maximum atomic E-state index is 12.7. The monoisotopic (exact) mass is 436 g/mol. The van der Waals surface area contributed by atoms with E-state index in [0.717, 1.165) is 58.7 Å². The average molecular weight is 437 g/mol. The van der Waals surface area contributed by atoms with E-state index >= 15 is 0 Å². The fourth-order valence-electron chi connectivity index (χ4n) is 3.98. The first-order valence-corrected chi connectivity index (χ1v) is 11.9. The van der Waals surface area contributed by atoms with Crippen LogP contribution in [0.4, 0.5) is 4.79 Å². The standard InChI is InChI=1S/C22H36N4O3S/c1-22(2,3)29-21(28)23-14-18-4-7-24(8-5-18)16-20(27)26-11-9-25(10-12-26)15-19-6-13-30-17-19/h6,13,17-18H,4-5,7-12,14-16H2,1-3H3,(H,23,28). The predicted octanol–water partition coefficient (Wildman–Crippen LogP) is 2.63. The zero-order chi connectivity index (χ0) is 21.6. The van der Waals surface area contributed by atoms with Gasteiger partial charge in [-0.2, -0.15) is 11.3 Å². The van der Waals surface area contributed by atoms with Gasteiger partial charge in [-0.1, -0.05) is 0 Å². The molecular formula is C22H36N4O3S. The second-order valence-electron chi connectivity index (χ2n) is 9.39.